The quantitative estimate of drug-likeness (QED) is 0.232. The summed E-state index contributed by atoms with van der Waals surface area (Å²) in [6.45, 7) is 3.77. The number of hydrogen-bond acceptors (Lipinski definition) is 10. The van der Waals surface area contributed by atoms with E-state index in [1.165, 1.54) is 18.1 Å². The minimum absolute atomic E-state index is 0.175. The zero-order chi connectivity index (χ0) is 21.1. The topological polar surface area (TPSA) is 149 Å². The molecule has 3 heterocycles. The zero-order valence-electron chi connectivity index (χ0n) is 16.2. The second-order valence-electron chi connectivity index (χ2n) is 6.59. The fourth-order valence-electron chi connectivity index (χ4n) is 3.02. The number of carbonyl (C=O) groups excluding carboxylic acids is 1. The molecule has 1 aromatic carbocycles. The molecule has 0 bridgehead atoms. The first kappa shape index (κ1) is 20.2. The molecule has 158 valence electrons. The molecule has 30 heavy (non-hydrogen) atoms. The molecule has 1 aliphatic heterocycles. The molecule has 2 aromatic heterocycles. The molecule has 11 nitrogen and oxygen atoms in total. The highest BCUT2D eigenvalue weighted by molar-refractivity contribution is 7.99. The van der Waals surface area contributed by atoms with Gasteiger partial charge in [-0.05, 0) is 24.6 Å². The van der Waals surface area contributed by atoms with E-state index in [1.54, 1.807) is 5.48 Å². The number of nitrogens with one attached hydrogen (secondary N) is 2. The highest BCUT2D eigenvalue weighted by Gasteiger charge is 2.20. The van der Waals surface area contributed by atoms with Crippen LogP contribution in [0.15, 0.2) is 28.5 Å². The van der Waals surface area contributed by atoms with E-state index in [-0.39, 0.29) is 13.2 Å². The SMILES string of the molecule is Cc1cc2c(cc1Sc1nc3c(N)ncnc3n1CCNCCC(=O)NO)OCO2. The molecule has 1 amide bonds. The molecule has 12 heteroatoms. The van der Waals surface area contributed by atoms with Gasteiger partial charge in [-0.3, -0.25) is 10.0 Å². The van der Waals surface area contributed by atoms with Gasteiger partial charge in [0.1, 0.15) is 6.33 Å². The van der Waals surface area contributed by atoms with Gasteiger partial charge in [-0.1, -0.05) is 11.8 Å². The number of hydrogen-bond donors (Lipinski definition) is 4. The minimum Gasteiger partial charge on any atom is -0.454 e. The maximum Gasteiger partial charge on any atom is 0.244 e. The summed E-state index contributed by atoms with van der Waals surface area (Å²) < 4.78 is 12.9. The third-order valence-corrected chi connectivity index (χ3v) is 5.72. The summed E-state index contributed by atoms with van der Waals surface area (Å²) in [5, 5.41) is 12.4. The number of carbonyl (C=O) groups is 1. The second-order valence-corrected chi connectivity index (χ2v) is 7.59. The van der Waals surface area contributed by atoms with Crippen LogP contribution in [0.2, 0.25) is 0 Å². The Morgan fingerprint density at radius 2 is 2.10 bits per heavy atom. The fourth-order valence-corrected chi connectivity index (χ4v) is 4.03. The number of fused-ring (bicyclic) bond motifs is 2. The van der Waals surface area contributed by atoms with Gasteiger partial charge in [0.2, 0.25) is 12.7 Å². The van der Waals surface area contributed by atoms with Crippen LogP contribution in [0.3, 0.4) is 0 Å². The maximum absolute atomic E-state index is 11.1. The predicted octanol–water partition coefficient (Wildman–Crippen LogP) is 1.08. The van der Waals surface area contributed by atoms with Crippen LogP contribution in [0.5, 0.6) is 11.5 Å². The minimum atomic E-state index is -0.439. The summed E-state index contributed by atoms with van der Waals surface area (Å²) in [5.41, 5.74) is 9.83. The van der Waals surface area contributed by atoms with E-state index >= 15 is 0 Å². The van der Waals surface area contributed by atoms with Crippen molar-refractivity contribution >= 4 is 34.7 Å². The number of rotatable bonds is 8. The van der Waals surface area contributed by atoms with Crippen LogP contribution in [0.25, 0.3) is 11.2 Å². The molecule has 5 N–H and O–H groups in total. The average molecular weight is 431 g/mol. The van der Waals surface area contributed by atoms with Crippen LogP contribution < -0.4 is 26.0 Å². The Morgan fingerprint density at radius 3 is 2.90 bits per heavy atom. The molecule has 4 rings (SSSR count). The first-order valence-electron chi connectivity index (χ1n) is 9.25. The van der Waals surface area contributed by atoms with Crippen molar-refractivity contribution in [2.45, 2.75) is 29.9 Å². The van der Waals surface area contributed by atoms with Crippen LogP contribution in [0.1, 0.15) is 12.0 Å². The molecule has 0 radical (unpaired) electrons. The number of nitrogen functional groups attached to an aromatic ring is 1. The molecule has 1 aliphatic rings. The monoisotopic (exact) mass is 431 g/mol. The second kappa shape index (κ2) is 8.73. The van der Waals surface area contributed by atoms with Crippen molar-refractivity contribution in [1.29, 1.82) is 0 Å². The molecule has 3 aromatic rings. The van der Waals surface area contributed by atoms with Crippen LogP contribution >= 0.6 is 11.8 Å². The van der Waals surface area contributed by atoms with E-state index in [9.17, 15) is 4.79 Å². The molecule has 0 aliphatic carbocycles. The lowest BCUT2D eigenvalue weighted by Gasteiger charge is -2.11. The summed E-state index contributed by atoms with van der Waals surface area (Å²) in [6, 6.07) is 3.88. The predicted molar refractivity (Wildman–Crippen MR) is 109 cm³/mol. The molecule has 0 unspecified atom stereocenters. The summed E-state index contributed by atoms with van der Waals surface area (Å²) in [7, 11) is 0. The lowest BCUT2D eigenvalue weighted by atomic mass is 10.2. The smallest absolute Gasteiger partial charge is 0.244 e. The molecule has 0 saturated heterocycles. The van der Waals surface area contributed by atoms with E-state index in [0.29, 0.717) is 47.5 Å². The molecular formula is C18H21N7O4S. The van der Waals surface area contributed by atoms with Gasteiger partial charge in [0.25, 0.3) is 0 Å². The number of imidazole rings is 1. The third kappa shape index (κ3) is 4.10. The van der Waals surface area contributed by atoms with Crippen molar-refractivity contribution in [3.05, 3.63) is 24.0 Å². The summed E-state index contributed by atoms with van der Waals surface area (Å²) in [4.78, 5) is 25.1. The number of aromatic nitrogens is 4. The Labute approximate surface area is 175 Å². The van der Waals surface area contributed by atoms with Gasteiger partial charge in [0.15, 0.2) is 33.6 Å². The summed E-state index contributed by atoms with van der Waals surface area (Å²) in [6.07, 6.45) is 1.59. The van der Waals surface area contributed by atoms with Gasteiger partial charge in [0.05, 0.1) is 0 Å². The van der Waals surface area contributed by atoms with Crippen LogP contribution in [0, 0.1) is 6.92 Å². The molecule has 0 saturated carbocycles. The largest absolute Gasteiger partial charge is 0.454 e. The number of benzene rings is 1. The highest BCUT2D eigenvalue weighted by Crippen LogP contribution is 2.40. The number of amides is 1. The Morgan fingerprint density at radius 1 is 1.30 bits per heavy atom. The van der Waals surface area contributed by atoms with Gasteiger partial charge >= 0.3 is 0 Å². The van der Waals surface area contributed by atoms with Crippen molar-refractivity contribution in [3.63, 3.8) is 0 Å². The maximum atomic E-state index is 11.1. The van der Waals surface area contributed by atoms with Crippen molar-refractivity contribution < 1.29 is 19.5 Å². The van der Waals surface area contributed by atoms with Gasteiger partial charge in [-0.15, -0.1) is 0 Å². The molecular weight excluding hydrogens is 410 g/mol. The zero-order valence-corrected chi connectivity index (χ0v) is 17.0. The van der Waals surface area contributed by atoms with Crippen LogP contribution in [-0.4, -0.2) is 50.5 Å². The van der Waals surface area contributed by atoms with Gasteiger partial charge < -0.3 is 25.1 Å². The van der Waals surface area contributed by atoms with E-state index in [0.717, 1.165) is 16.2 Å². The number of nitrogens with two attached hydrogens (primary N) is 1. The van der Waals surface area contributed by atoms with E-state index < -0.39 is 5.91 Å². The van der Waals surface area contributed by atoms with E-state index in [4.69, 9.17) is 20.4 Å². The van der Waals surface area contributed by atoms with Crippen molar-refractivity contribution in [2.75, 3.05) is 25.6 Å². The number of aryl methyl sites for hydroxylation is 1. The first-order chi connectivity index (χ1) is 14.6. The van der Waals surface area contributed by atoms with Crippen LogP contribution in [-0.2, 0) is 11.3 Å². The van der Waals surface area contributed by atoms with Crippen molar-refractivity contribution in [1.82, 2.24) is 30.3 Å². The Bertz CT molecular complexity index is 1090. The lowest BCUT2D eigenvalue weighted by Crippen LogP contribution is -2.27. The number of ether oxygens (including phenoxy) is 2. The van der Waals surface area contributed by atoms with Crippen molar-refractivity contribution in [2.24, 2.45) is 0 Å². The number of hydroxylamine groups is 1. The average Bonchev–Trinajstić information content (AvgIpc) is 3.33. The van der Waals surface area contributed by atoms with Crippen molar-refractivity contribution in [3.8, 4) is 11.5 Å². The Balaban J connectivity index is 1.57. The number of anilines is 1. The van der Waals surface area contributed by atoms with Crippen LogP contribution in [0.4, 0.5) is 5.82 Å². The first-order valence-corrected chi connectivity index (χ1v) is 10.1. The Kier molecular flexibility index (Phi) is 5.88. The van der Waals surface area contributed by atoms with Gasteiger partial charge in [-0.25, -0.2) is 20.4 Å². The molecule has 0 spiro atoms. The lowest BCUT2D eigenvalue weighted by molar-refractivity contribution is -0.129. The fraction of sp³-hybridized carbons (Fsp3) is 0.333. The normalized spacial score (nSPS) is 12.5. The summed E-state index contributed by atoms with van der Waals surface area (Å²) >= 11 is 1.48. The summed E-state index contributed by atoms with van der Waals surface area (Å²) in [5.74, 6) is 1.31. The van der Waals surface area contributed by atoms with E-state index in [2.05, 4.69) is 20.3 Å². The molecule has 0 atom stereocenters. The Hall–Kier alpha value is -3.09. The third-order valence-electron chi connectivity index (χ3n) is 4.56. The van der Waals surface area contributed by atoms with E-state index in [1.807, 2.05) is 23.6 Å². The standard InChI is InChI=1S/C18H21N7O4S/c1-10-6-11-12(29-9-28-11)7-13(10)30-18-23-15-16(19)21-8-22-17(15)25(18)5-4-20-3-2-14(26)24-27/h6-8,20,27H,2-5,9H2,1H3,(H,24,26)(H2,19,21,22). The molecule has 0 fully saturated rings. The number of nitrogens with zero attached hydrogens (tertiary/aromatic N) is 4. The van der Waals surface area contributed by atoms with Gasteiger partial charge in [0, 0.05) is 31.0 Å². The highest BCUT2D eigenvalue weighted by atomic mass is 32.2. The van der Waals surface area contributed by atoms with Gasteiger partial charge in [-0.2, -0.15) is 0 Å².